The lowest BCUT2D eigenvalue weighted by atomic mass is 9.74. The lowest BCUT2D eigenvalue weighted by molar-refractivity contribution is -0.154. The van der Waals surface area contributed by atoms with E-state index in [1.807, 2.05) is 0 Å². The van der Waals surface area contributed by atoms with E-state index in [-0.39, 0.29) is 37.6 Å². The molecule has 24 heavy (non-hydrogen) atoms. The van der Waals surface area contributed by atoms with Gasteiger partial charge in [0.15, 0.2) is 5.78 Å². The highest BCUT2D eigenvalue weighted by molar-refractivity contribution is 6.11. The topological polar surface area (TPSA) is 86.7 Å². The third-order valence-corrected chi connectivity index (χ3v) is 3.92. The van der Waals surface area contributed by atoms with Crippen molar-refractivity contribution in [2.45, 2.75) is 39.0 Å². The SMILES string of the molecule is CCOC(=O)C1C(=O)CC(=O)CC1c1cccc(OC(=O)CC)c1. The van der Waals surface area contributed by atoms with Gasteiger partial charge in [-0.1, -0.05) is 19.1 Å². The lowest BCUT2D eigenvalue weighted by Gasteiger charge is -2.28. The van der Waals surface area contributed by atoms with Crippen LogP contribution in [0.4, 0.5) is 0 Å². The Morgan fingerprint density at radius 1 is 1.21 bits per heavy atom. The number of carbonyl (C=O) groups is 4. The zero-order chi connectivity index (χ0) is 17.7. The van der Waals surface area contributed by atoms with Crippen molar-refractivity contribution in [2.24, 2.45) is 5.92 Å². The lowest BCUT2D eigenvalue weighted by Crippen LogP contribution is -2.38. The first kappa shape index (κ1) is 17.8. The van der Waals surface area contributed by atoms with Crippen molar-refractivity contribution < 1.29 is 28.7 Å². The average Bonchev–Trinajstić information content (AvgIpc) is 2.54. The van der Waals surface area contributed by atoms with Crippen LogP contribution in [0.5, 0.6) is 5.75 Å². The molecule has 0 bridgehead atoms. The van der Waals surface area contributed by atoms with Gasteiger partial charge in [-0.15, -0.1) is 0 Å². The van der Waals surface area contributed by atoms with Crippen molar-refractivity contribution in [1.82, 2.24) is 0 Å². The molecule has 1 aliphatic rings. The Balaban J connectivity index is 2.33. The van der Waals surface area contributed by atoms with Gasteiger partial charge in [-0.3, -0.25) is 19.2 Å². The molecule has 0 aromatic heterocycles. The quantitative estimate of drug-likeness (QED) is 0.467. The summed E-state index contributed by atoms with van der Waals surface area (Å²) in [5, 5.41) is 0. The van der Waals surface area contributed by atoms with Crippen molar-refractivity contribution in [3.05, 3.63) is 29.8 Å². The van der Waals surface area contributed by atoms with E-state index in [4.69, 9.17) is 9.47 Å². The van der Waals surface area contributed by atoms with Crippen molar-refractivity contribution in [3.8, 4) is 5.75 Å². The maximum Gasteiger partial charge on any atom is 0.317 e. The highest BCUT2D eigenvalue weighted by Crippen LogP contribution is 2.36. The summed E-state index contributed by atoms with van der Waals surface area (Å²) >= 11 is 0. The summed E-state index contributed by atoms with van der Waals surface area (Å²) < 4.78 is 10.2. The van der Waals surface area contributed by atoms with Gasteiger partial charge in [0.25, 0.3) is 0 Å². The number of hydrogen-bond acceptors (Lipinski definition) is 6. The third kappa shape index (κ3) is 4.07. The van der Waals surface area contributed by atoms with Gasteiger partial charge in [0.2, 0.25) is 0 Å². The minimum Gasteiger partial charge on any atom is -0.465 e. The molecule has 0 heterocycles. The molecule has 0 radical (unpaired) electrons. The standard InChI is InChI=1S/C18H20O6/c1-3-16(21)24-13-7-5-6-11(8-13)14-9-12(19)10-15(20)17(14)18(22)23-4-2/h5-8,14,17H,3-4,9-10H2,1-2H3. The van der Waals surface area contributed by atoms with E-state index in [1.165, 1.54) is 0 Å². The van der Waals surface area contributed by atoms with Gasteiger partial charge in [0.1, 0.15) is 17.5 Å². The molecule has 0 aliphatic heterocycles. The number of Topliss-reactive ketones (excluding diaryl/α,β-unsaturated/α-hetero) is 2. The molecule has 1 aliphatic carbocycles. The van der Waals surface area contributed by atoms with Crippen LogP contribution in [0.15, 0.2) is 24.3 Å². The zero-order valence-electron chi connectivity index (χ0n) is 13.7. The van der Waals surface area contributed by atoms with Crippen LogP contribution in [-0.2, 0) is 23.9 Å². The molecule has 128 valence electrons. The van der Waals surface area contributed by atoms with Crippen LogP contribution in [0.2, 0.25) is 0 Å². The summed E-state index contributed by atoms with van der Waals surface area (Å²) in [5.41, 5.74) is 0.607. The number of hydrogen-bond donors (Lipinski definition) is 0. The summed E-state index contributed by atoms with van der Waals surface area (Å²) in [4.78, 5) is 47.6. The maximum absolute atomic E-state index is 12.2. The van der Waals surface area contributed by atoms with E-state index in [1.54, 1.807) is 38.1 Å². The van der Waals surface area contributed by atoms with Crippen LogP contribution in [0.25, 0.3) is 0 Å². The minimum absolute atomic E-state index is 0.0837. The number of ketones is 2. The van der Waals surface area contributed by atoms with Crippen LogP contribution >= 0.6 is 0 Å². The Bertz CT molecular complexity index is 663. The van der Waals surface area contributed by atoms with Crippen molar-refractivity contribution >= 4 is 23.5 Å². The number of benzene rings is 1. The van der Waals surface area contributed by atoms with Crippen LogP contribution < -0.4 is 4.74 Å². The van der Waals surface area contributed by atoms with E-state index in [9.17, 15) is 19.2 Å². The highest BCUT2D eigenvalue weighted by Gasteiger charge is 2.42. The van der Waals surface area contributed by atoms with Crippen LogP contribution in [0.1, 0.15) is 44.6 Å². The van der Waals surface area contributed by atoms with Gasteiger partial charge in [0, 0.05) is 18.8 Å². The second-order valence-corrected chi connectivity index (χ2v) is 5.62. The van der Waals surface area contributed by atoms with Gasteiger partial charge in [-0.05, 0) is 24.6 Å². The molecule has 6 nitrogen and oxygen atoms in total. The molecule has 2 unspecified atom stereocenters. The van der Waals surface area contributed by atoms with Gasteiger partial charge in [-0.25, -0.2) is 0 Å². The molecule has 0 N–H and O–H groups in total. The van der Waals surface area contributed by atoms with E-state index >= 15 is 0 Å². The number of carbonyl (C=O) groups excluding carboxylic acids is 4. The Labute approximate surface area is 140 Å². The molecular weight excluding hydrogens is 312 g/mol. The van der Waals surface area contributed by atoms with Crippen molar-refractivity contribution in [3.63, 3.8) is 0 Å². The van der Waals surface area contributed by atoms with Crippen molar-refractivity contribution in [1.29, 1.82) is 0 Å². The fourth-order valence-corrected chi connectivity index (χ4v) is 2.81. The fourth-order valence-electron chi connectivity index (χ4n) is 2.81. The Morgan fingerprint density at radius 3 is 2.62 bits per heavy atom. The largest absolute Gasteiger partial charge is 0.465 e. The fraction of sp³-hybridized carbons (Fsp3) is 0.444. The predicted molar refractivity (Wildman–Crippen MR) is 84.5 cm³/mol. The molecule has 1 aromatic rings. The summed E-state index contributed by atoms with van der Waals surface area (Å²) in [6.45, 7) is 3.51. The molecular formula is C18H20O6. The average molecular weight is 332 g/mol. The minimum atomic E-state index is -1.00. The van der Waals surface area contributed by atoms with E-state index in [0.29, 0.717) is 11.3 Å². The third-order valence-electron chi connectivity index (χ3n) is 3.92. The Kier molecular flexibility index (Phi) is 5.84. The predicted octanol–water partition coefficient (Wildman–Crippen LogP) is 2.20. The number of esters is 2. The summed E-state index contributed by atoms with van der Waals surface area (Å²) in [6, 6.07) is 6.59. The first-order valence-corrected chi connectivity index (χ1v) is 7.97. The van der Waals surface area contributed by atoms with Crippen LogP contribution in [0.3, 0.4) is 0 Å². The zero-order valence-corrected chi connectivity index (χ0v) is 13.7. The second kappa shape index (κ2) is 7.86. The monoisotopic (exact) mass is 332 g/mol. The molecule has 0 amide bonds. The van der Waals surface area contributed by atoms with Gasteiger partial charge < -0.3 is 9.47 Å². The molecule has 2 atom stereocenters. The highest BCUT2D eigenvalue weighted by atomic mass is 16.5. The molecule has 0 saturated heterocycles. The molecule has 6 heteroatoms. The van der Waals surface area contributed by atoms with E-state index < -0.39 is 23.6 Å². The first-order chi connectivity index (χ1) is 11.5. The van der Waals surface area contributed by atoms with Crippen LogP contribution in [-0.4, -0.2) is 30.1 Å². The van der Waals surface area contributed by atoms with Gasteiger partial charge in [-0.2, -0.15) is 0 Å². The van der Waals surface area contributed by atoms with Gasteiger partial charge in [0.05, 0.1) is 13.0 Å². The summed E-state index contributed by atoms with van der Waals surface area (Å²) in [5.74, 6) is -2.90. The maximum atomic E-state index is 12.2. The Morgan fingerprint density at radius 2 is 1.96 bits per heavy atom. The first-order valence-electron chi connectivity index (χ1n) is 7.97. The van der Waals surface area contributed by atoms with Crippen LogP contribution in [0, 0.1) is 5.92 Å². The number of ether oxygens (including phenoxy) is 2. The normalized spacial score (nSPS) is 20.6. The summed E-state index contributed by atoms with van der Waals surface area (Å²) in [6.07, 6.45) is 0.0704. The van der Waals surface area contributed by atoms with Gasteiger partial charge >= 0.3 is 11.9 Å². The molecule has 1 saturated carbocycles. The molecule has 0 spiro atoms. The molecule has 2 rings (SSSR count). The summed E-state index contributed by atoms with van der Waals surface area (Å²) in [7, 11) is 0. The smallest absolute Gasteiger partial charge is 0.317 e. The van der Waals surface area contributed by atoms with E-state index in [0.717, 1.165) is 0 Å². The Hall–Kier alpha value is -2.50. The molecule has 1 aromatic carbocycles. The van der Waals surface area contributed by atoms with E-state index in [2.05, 4.69) is 0 Å². The second-order valence-electron chi connectivity index (χ2n) is 5.62. The number of rotatable bonds is 5. The molecule has 1 fully saturated rings. The van der Waals surface area contributed by atoms with Crippen molar-refractivity contribution in [2.75, 3.05) is 6.61 Å².